The van der Waals surface area contributed by atoms with Crippen molar-refractivity contribution >= 4 is 49.8 Å². The van der Waals surface area contributed by atoms with E-state index >= 15 is 0 Å². The normalized spacial score (nSPS) is 11.2. The number of nitrogen functional groups attached to an aromatic ring is 1. The van der Waals surface area contributed by atoms with E-state index in [1.807, 2.05) is 36.4 Å². The van der Waals surface area contributed by atoms with Crippen molar-refractivity contribution in [3.63, 3.8) is 0 Å². The molecule has 0 radical (unpaired) electrons. The maximum atomic E-state index is 5.81. The number of rotatable bonds is 2. The first kappa shape index (κ1) is 12.6. The van der Waals surface area contributed by atoms with E-state index < -0.39 is 0 Å². The quantitative estimate of drug-likeness (QED) is 0.567. The number of benzene rings is 2. The van der Waals surface area contributed by atoms with E-state index in [0.717, 1.165) is 36.0 Å². The topological polar surface area (TPSA) is 64.7 Å². The fraction of sp³-hybridized carbons (Fsp3) is 0. The van der Waals surface area contributed by atoms with Crippen LogP contribution in [0.4, 0.5) is 5.69 Å². The lowest BCUT2D eigenvalue weighted by Gasteiger charge is -2.01. The minimum atomic E-state index is 0.757. The first-order valence-electron chi connectivity index (χ1n) is 6.34. The van der Waals surface area contributed by atoms with Gasteiger partial charge in [-0.25, -0.2) is 4.98 Å². The van der Waals surface area contributed by atoms with Crippen molar-refractivity contribution in [2.75, 3.05) is 5.73 Å². The molecule has 102 valence electrons. The summed E-state index contributed by atoms with van der Waals surface area (Å²) in [5.74, 6) is 0. The first-order valence-corrected chi connectivity index (χ1v) is 7.97. The van der Waals surface area contributed by atoms with Gasteiger partial charge in [0.1, 0.15) is 5.03 Å². The number of nitrogens with two attached hydrogens (primary N) is 1. The molecule has 0 atom stereocenters. The predicted molar refractivity (Wildman–Crippen MR) is 87.7 cm³/mol. The van der Waals surface area contributed by atoms with Crippen LogP contribution in [0.15, 0.2) is 58.0 Å². The molecule has 0 aliphatic carbocycles. The van der Waals surface area contributed by atoms with Crippen molar-refractivity contribution in [1.29, 1.82) is 0 Å². The highest BCUT2D eigenvalue weighted by molar-refractivity contribution is 8.01. The Hall–Kier alpha value is -2.18. The highest BCUT2D eigenvalue weighted by Crippen LogP contribution is 2.36. The zero-order valence-electron chi connectivity index (χ0n) is 10.9. The van der Waals surface area contributed by atoms with Gasteiger partial charge in [-0.2, -0.15) is 5.10 Å². The minimum absolute atomic E-state index is 0.757. The Morgan fingerprint density at radius 1 is 1.10 bits per heavy atom. The molecule has 2 aromatic carbocycles. The van der Waals surface area contributed by atoms with E-state index in [2.05, 4.69) is 21.2 Å². The van der Waals surface area contributed by atoms with Crippen LogP contribution in [0.25, 0.3) is 21.0 Å². The molecule has 2 N–H and O–H groups in total. The van der Waals surface area contributed by atoms with Crippen LogP contribution in [-0.4, -0.2) is 15.2 Å². The summed E-state index contributed by atoms with van der Waals surface area (Å²) in [6.07, 6.45) is 1.78. The van der Waals surface area contributed by atoms with Gasteiger partial charge >= 0.3 is 0 Å². The monoisotopic (exact) mass is 310 g/mol. The number of hydrogen-bond acceptors (Lipinski definition) is 6. The Bertz CT molecular complexity index is 943. The Kier molecular flexibility index (Phi) is 2.98. The van der Waals surface area contributed by atoms with Gasteiger partial charge in [0, 0.05) is 16.5 Å². The molecule has 0 amide bonds. The molecule has 2 aromatic heterocycles. The Morgan fingerprint density at radius 3 is 2.95 bits per heavy atom. The zero-order chi connectivity index (χ0) is 14.2. The minimum Gasteiger partial charge on any atom is -0.399 e. The van der Waals surface area contributed by atoms with E-state index in [1.165, 1.54) is 0 Å². The number of anilines is 1. The van der Waals surface area contributed by atoms with Crippen LogP contribution in [0.2, 0.25) is 0 Å². The van der Waals surface area contributed by atoms with Gasteiger partial charge in [-0.1, -0.05) is 24.3 Å². The van der Waals surface area contributed by atoms with Crippen LogP contribution in [0.5, 0.6) is 0 Å². The van der Waals surface area contributed by atoms with Crippen LogP contribution in [-0.2, 0) is 0 Å². The second kappa shape index (κ2) is 4.98. The third-order valence-electron chi connectivity index (χ3n) is 3.11. The average Bonchev–Trinajstić information content (AvgIpc) is 2.89. The molecule has 0 fully saturated rings. The molecule has 0 aliphatic rings. The van der Waals surface area contributed by atoms with Crippen molar-refractivity contribution < 1.29 is 0 Å². The maximum absolute atomic E-state index is 5.81. The lowest BCUT2D eigenvalue weighted by Crippen LogP contribution is -1.86. The van der Waals surface area contributed by atoms with Crippen molar-refractivity contribution in [2.24, 2.45) is 0 Å². The number of nitrogens with zero attached hydrogens (tertiary/aromatic N) is 3. The molecule has 0 unspecified atom stereocenters. The van der Waals surface area contributed by atoms with Crippen molar-refractivity contribution in [1.82, 2.24) is 15.2 Å². The molecule has 0 saturated heterocycles. The smallest absolute Gasteiger partial charge is 0.157 e. The summed E-state index contributed by atoms with van der Waals surface area (Å²) in [6, 6.07) is 13.9. The van der Waals surface area contributed by atoms with Crippen LogP contribution in [0.3, 0.4) is 0 Å². The second-order valence-electron chi connectivity index (χ2n) is 4.55. The van der Waals surface area contributed by atoms with E-state index in [0.29, 0.717) is 0 Å². The third kappa shape index (κ3) is 2.32. The van der Waals surface area contributed by atoms with E-state index in [4.69, 9.17) is 5.73 Å². The standard InChI is InChI=1S/C15H10N4S2/c16-10-5-6-12-13(7-10)20-15(18-12)21-14-11-4-2-1-3-9(11)8-17-19-14/h1-8H,16H2. The fourth-order valence-electron chi connectivity index (χ4n) is 2.12. The van der Waals surface area contributed by atoms with Crippen LogP contribution in [0.1, 0.15) is 0 Å². The largest absolute Gasteiger partial charge is 0.399 e. The number of thiazole rings is 1. The lowest BCUT2D eigenvalue weighted by molar-refractivity contribution is 0.955. The molecule has 21 heavy (non-hydrogen) atoms. The van der Waals surface area contributed by atoms with Gasteiger partial charge in [-0.05, 0) is 30.0 Å². The van der Waals surface area contributed by atoms with Gasteiger partial charge in [0.15, 0.2) is 4.34 Å². The van der Waals surface area contributed by atoms with E-state index in [1.54, 1.807) is 29.3 Å². The zero-order valence-corrected chi connectivity index (χ0v) is 12.5. The first-order chi connectivity index (χ1) is 10.3. The van der Waals surface area contributed by atoms with E-state index in [9.17, 15) is 0 Å². The average molecular weight is 310 g/mol. The van der Waals surface area contributed by atoms with Gasteiger partial charge in [-0.15, -0.1) is 16.4 Å². The molecule has 4 rings (SSSR count). The van der Waals surface area contributed by atoms with Crippen molar-refractivity contribution in [3.8, 4) is 0 Å². The van der Waals surface area contributed by atoms with Gasteiger partial charge < -0.3 is 5.73 Å². The third-order valence-corrected chi connectivity index (χ3v) is 5.19. The second-order valence-corrected chi connectivity index (χ2v) is 6.81. The highest BCUT2D eigenvalue weighted by atomic mass is 32.2. The molecule has 2 heterocycles. The van der Waals surface area contributed by atoms with Gasteiger partial charge in [0.05, 0.1) is 16.4 Å². The summed E-state index contributed by atoms with van der Waals surface area (Å²) in [5, 5.41) is 11.4. The molecule has 4 aromatic rings. The van der Waals surface area contributed by atoms with Crippen molar-refractivity contribution in [2.45, 2.75) is 9.37 Å². The lowest BCUT2D eigenvalue weighted by atomic mass is 10.2. The van der Waals surface area contributed by atoms with Gasteiger partial charge in [0.25, 0.3) is 0 Å². The molecular formula is C15H10N4S2. The van der Waals surface area contributed by atoms with Crippen LogP contribution in [0, 0.1) is 0 Å². The van der Waals surface area contributed by atoms with Gasteiger partial charge in [0.2, 0.25) is 0 Å². The summed E-state index contributed by atoms with van der Waals surface area (Å²) >= 11 is 3.16. The summed E-state index contributed by atoms with van der Waals surface area (Å²) in [5.41, 5.74) is 7.53. The van der Waals surface area contributed by atoms with Crippen LogP contribution < -0.4 is 5.73 Å². The molecule has 6 heteroatoms. The molecule has 0 spiro atoms. The number of hydrogen-bond donors (Lipinski definition) is 1. The highest BCUT2D eigenvalue weighted by Gasteiger charge is 2.10. The SMILES string of the molecule is Nc1ccc2nc(Sc3nncc4ccccc34)sc2c1. The Morgan fingerprint density at radius 2 is 2.00 bits per heavy atom. The van der Waals surface area contributed by atoms with Crippen molar-refractivity contribution in [3.05, 3.63) is 48.7 Å². The summed E-state index contributed by atoms with van der Waals surface area (Å²) in [4.78, 5) is 4.61. The molecule has 0 saturated carbocycles. The summed E-state index contributed by atoms with van der Waals surface area (Å²) < 4.78 is 2.03. The molecule has 0 aliphatic heterocycles. The summed E-state index contributed by atoms with van der Waals surface area (Å²) in [7, 11) is 0. The molecular weight excluding hydrogens is 300 g/mol. The molecule has 0 bridgehead atoms. The predicted octanol–water partition coefficient (Wildman–Crippen LogP) is 3.97. The number of aromatic nitrogens is 3. The van der Waals surface area contributed by atoms with Gasteiger partial charge in [-0.3, -0.25) is 0 Å². The Balaban J connectivity index is 1.79. The summed E-state index contributed by atoms with van der Waals surface area (Å²) in [6.45, 7) is 0. The molecule has 4 nitrogen and oxygen atoms in total. The fourth-order valence-corrected chi connectivity index (χ4v) is 4.23. The van der Waals surface area contributed by atoms with Crippen LogP contribution >= 0.6 is 23.1 Å². The van der Waals surface area contributed by atoms with E-state index in [-0.39, 0.29) is 0 Å². The number of fused-ring (bicyclic) bond motifs is 2. The maximum Gasteiger partial charge on any atom is 0.157 e. The Labute approximate surface area is 129 Å².